The summed E-state index contributed by atoms with van der Waals surface area (Å²) in [4.78, 5) is 16.5. The lowest BCUT2D eigenvalue weighted by Gasteiger charge is -2.33. The van der Waals surface area contributed by atoms with Gasteiger partial charge in [-0.25, -0.2) is 9.78 Å². The molecule has 1 heterocycles. The van der Waals surface area contributed by atoms with Crippen LogP contribution in [0.25, 0.3) is 0 Å². The molecule has 22 heavy (non-hydrogen) atoms. The standard InChI is InChI=1S/C16H27N3O2S/c1-10(2)13(20)16(3,4)9-18-15(21)19-12(11-5-6-11)14-17-7-8-22-14/h7-8,10-13,20H,5-6,9H2,1-4H3,(H2,18,19,21). The van der Waals surface area contributed by atoms with Crippen LogP contribution in [0.1, 0.15) is 51.6 Å². The minimum atomic E-state index is -0.453. The highest BCUT2D eigenvalue weighted by Crippen LogP contribution is 2.41. The number of rotatable bonds is 7. The molecular weight excluding hydrogens is 298 g/mol. The Kier molecular flexibility index (Phi) is 5.45. The number of urea groups is 1. The first kappa shape index (κ1) is 17.2. The summed E-state index contributed by atoms with van der Waals surface area (Å²) < 4.78 is 0. The van der Waals surface area contributed by atoms with Gasteiger partial charge in [-0.1, -0.05) is 27.7 Å². The van der Waals surface area contributed by atoms with E-state index < -0.39 is 6.10 Å². The predicted octanol–water partition coefficient (Wildman–Crippen LogP) is 2.94. The highest BCUT2D eigenvalue weighted by molar-refractivity contribution is 7.09. The molecule has 0 bridgehead atoms. The fourth-order valence-corrected chi connectivity index (χ4v) is 3.49. The van der Waals surface area contributed by atoms with Crippen molar-refractivity contribution in [2.45, 2.75) is 52.7 Å². The van der Waals surface area contributed by atoms with E-state index in [9.17, 15) is 9.90 Å². The summed E-state index contributed by atoms with van der Waals surface area (Å²) in [6.07, 6.45) is 3.60. The first-order valence-electron chi connectivity index (χ1n) is 7.93. The number of hydrogen-bond donors (Lipinski definition) is 3. The van der Waals surface area contributed by atoms with Crippen molar-refractivity contribution in [1.82, 2.24) is 15.6 Å². The van der Waals surface area contributed by atoms with Crippen molar-refractivity contribution in [2.24, 2.45) is 17.3 Å². The molecule has 0 spiro atoms. The molecule has 0 aromatic carbocycles. The van der Waals surface area contributed by atoms with Gasteiger partial charge >= 0.3 is 6.03 Å². The number of aliphatic hydroxyl groups excluding tert-OH is 1. The van der Waals surface area contributed by atoms with Crippen LogP contribution < -0.4 is 10.6 Å². The number of amides is 2. The SMILES string of the molecule is CC(C)C(O)C(C)(C)CNC(=O)NC(c1nccs1)C1CC1. The maximum Gasteiger partial charge on any atom is 0.315 e. The Labute approximate surface area is 136 Å². The maximum atomic E-state index is 12.2. The number of hydrogen-bond acceptors (Lipinski definition) is 4. The fourth-order valence-electron chi connectivity index (χ4n) is 2.71. The minimum absolute atomic E-state index is 0.0122. The zero-order valence-electron chi connectivity index (χ0n) is 13.8. The molecule has 3 N–H and O–H groups in total. The van der Waals surface area contributed by atoms with E-state index >= 15 is 0 Å². The molecule has 1 aromatic heterocycles. The van der Waals surface area contributed by atoms with E-state index in [1.807, 2.05) is 33.1 Å². The maximum absolute atomic E-state index is 12.2. The lowest BCUT2D eigenvalue weighted by Crippen LogP contribution is -2.47. The summed E-state index contributed by atoms with van der Waals surface area (Å²) in [5.41, 5.74) is -0.359. The molecule has 6 heteroatoms. The Morgan fingerprint density at radius 3 is 2.68 bits per heavy atom. The van der Waals surface area contributed by atoms with Crippen LogP contribution in [0, 0.1) is 17.3 Å². The van der Waals surface area contributed by atoms with Crippen molar-refractivity contribution >= 4 is 17.4 Å². The summed E-state index contributed by atoms with van der Waals surface area (Å²) in [7, 11) is 0. The highest BCUT2D eigenvalue weighted by atomic mass is 32.1. The molecular formula is C16H27N3O2S. The Morgan fingerprint density at radius 2 is 2.18 bits per heavy atom. The number of carbonyl (C=O) groups excluding carboxylic acids is 1. The van der Waals surface area contributed by atoms with E-state index in [-0.39, 0.29) is 23.4 Å². The highest BCUT2D eigenvalue weighted by Gasteiger charge is 2.36. The van der Waals surface area contributed by atoms with Crippen LogP contribution in [0.3, 0.4) is 0 Å². The van der Waals surface area contributed by atoms with E-state index in [1.165, 1.54) is 0 Å². The molecule has 1 aromatic rings. The van der Waals surface area contributed by atoms with Gasteiger partial charge in [-0.05, 0) is 24.7 Å². The second kappa shape index (κ2) is 6.96. The van der Waals surface area contributed by atoms with Crippen molar-refractivity contribution < 1.29 is 9.90 Å². The molecule has 0 radical (unpaired) electrons. The molecule has 2 atom stereocenters. The van der Waals surface area contributed by atoms with Gasteiger partial charge in [0.2, 0.25) is 0 Å². The molecule has 1 saturated carbocycles. The van der Waals surface area contributed by atoms with Crippen LogP contribution in [0.5, 0.6) is 0 Å². The molecule has 2 rings (SSSR count). The Balaban J connectivity index is 1.87. The van der Waals surface area contributed by atoms with Gasteiger partial charge in [-0.2, -0.15) is 0 Å². The van der Waals surface area contributed by atoms with Crippen molar-refractivity contribution in [1.29, 1.82) is 0 Å². The van der Waals surface area contributed by atoms with Gasteiger partial charge in [0, 0.05) is 23.5 Å². The molecule has 0 saturated heterocycles. The first-order valence-corrected chi connectivity index (χ1v) is 8.81. The van der Waals surface area contributed by atoms with E-state index in [0.717, 1.165) is 17.8 Å². The monoisotopic (exact) mass is 325 g/mol. The molecule has 1 aliphatic carbocycles. The zero-order valence-corrected chi connectivity index (χ0v) is 14.6. The van der Waals surface area contributed by atoms with Gasteiger partial charge in [0.25, 0.3) is 0 Å². The Hall–Kier alpha value is -1.14. The van der Waals surface area contributed by atoms with Crippen LogP contribution in [0.15, 0.2) is 11.6 Å². The first-order chi connectivity index (χ1) is 10.3. The van der Waals surface area contributed by atoms with E-state index in [2.05, 4.69) is 15.6 Å². The molecule has 124 valence electrons. The van der Waals surface area contributed by atoms with Gasteiger partial charge in [-0.15, -0.1) is 11.3 Å². The Morgan fingerprint density at radius 1 is 1.50 bits per heavy atom. The number of nitrogens with one attached hydrogen (secondary N) is 2. The summed E-state index contributed by atoms with van der Waals surface area (Å²) in [6.45, 7) is 8.35. The van der Waals surface area contributed by atoms with E-state index in [0.29, 0.717) is 12.5 Å². The van der Waals surface area contributed by atoms with Gasteiger partial charge < -0.3 is 15.7 Å². The average molecular weight is 325 g/mol. The third-order valence-electron chi connectivity index (χ3n) is 4.23. The van der Waals surface area contributed by atoms with Crippen molar-refractivity contribution in [3.05, 3.63) is 16.6 Å². The van der Waals surface area contributed by atoms with Crippen LogP contribution in [-0.2, 0) is 0 Å². The van der Waals surface area contributed by atoms with Crippen LogP contribution in [0.4, 0.5) is 4.79 Å². The predicted molar refractivity (Wildman–Crippen MR) is 88.7 cm³/mol. The van der Waals surface area contributed by atoms with Crippen LogP contribution >= 0.6 is 11.3 Å². The van der Waals surface area contributed by atoms with E-state index in [1.54, 1.807) is 17.5 Å². The number of nitrogens with zero attached hydrogens (tertiary/aromatic N) is 1. The third kappa shape index (κ3) is 4.43. The van der Waals surface area contributed by atoms with Crippen molar-refractivity contribution in [3.8, 4) is 0 Å². The quantitative estimate of drug-likeness (QED) is 0.721. The van der Waals surface area contributed by atoms with Gasteiger partial charge in [-0.3, -0.25) is 0 Å². The lowest BCUT2D eigenvalue weighted by atomic mass is 9.81. The Bertz CT molecular complexity index is 484. The topological polar surface area (TPSA) is 74.2 Å². The van der Waals surface area contributed by atoms with Crippen LogP contribution in [0.2, 0.25) is 0 Å². The van der Waals surface area contributed by atoms with Crippen LogP contribution in [-0.4, -0.2) is 28.8 Å². The van der Waals surface area contributed by atoms with Gasteiger partial charge in [0.15, 0.2) is 0 Å². The van der Waals surface area contributed by atoms with Crippen molar-refractivity contribution in [2.75, 3.05) is 6.54 Å². The second-order valence-corrected chi connectivity index (χ2v) is 8.12. The molecule has 2 amide bonds. The average Bonchev–Trinajstić information content (AvgIpc) is 3.16. The zero-order chi connectivity index (χ0) is 16.3. The van der Waals surface area contributed by atoms with Gasteiger partial charge in [0.1, 0.15) is 5.01 Å². The summed E-state index contributed by atoms with van der Waals surface area (Å²) >= 11 is 1.58. The molecule has 5 nitrogen and oxygen atoms in total. The summed E-state index contributed by atoms with van der Waals surface area (Å²) in [5, 5.41) is 19.1. The van der Waals surface area contributed by atoms with E-state index in [4.69, 9.17) is 0 Å². The summed E-state index contributed by atoms with van der Waals surface area (Å²) in [5.74, 6) is 0.667. The van der Waals surface area contributed by atoms with Gasteiger partial charge in [0.05, 0.1) is 12.1 Å². The summed E-state index contributed by atoms with van der Waals surface area (Å²) in [6, 6.07) is -0.172. The number of thiazole rings is 1. The normalized spacial score (nSPS) is 18.1. The number of carbonyl (C=O) groups is 1. The molecule has 1 aliphatic rings. The largest absolute Gasteiger partial charge is 0.392 e. The minimum Gasteiger partial charge on any atom is -0.392 e. The fraction of sp³-hybridized carbons (Fsp3) is 0.750. The lowest BCUT2D eigenvalue weighted by molar-refractivity contribution is 0.0151. The van der Waals surface area contributed by atoms with Crippen molar-refractivity contribution in [3.63, 3.8) is 0 Å². The molecule has 2 unspecified atom stereocenters. The molecule has 0 aliphatic heterocycles. The third-order valence-corrected chi connectivity index (χ3v) is 5.09. The molecule has 1 fully saturated rings. The number of aromatic nitrogens is 1. The second-order valence-electron chi connectivity index (χ2n) is 7.19. The smallest absolute Gasteiger partial charge is 0.315 e. The number of aliphatic hydroxyl groups is 1.